The smallest absolute Gasteiger partial charge is 0.250 e. The first-order chi connectivity index (χ1) is 12.5. The van der Waals surface area contributed by atoms with E-state index in [1.807, 2.05) is 0 Å². The van der Waals surface area contributed by atoms with Crippen LogP contribution in [0.25, 0.3) is 6.08 Å². The van der Waals surface area contributed by atoms with Gasteiger partial charge in [0.15, 0.2) is 5.11 Å². The molecule has 134 valence electrons. The van der Waals surface area contributed by atoms with Gasteiger partial charge in [-0.3, -0.25) is 14.9 Å². The van der Waals surface area contributed by atoms with Gasteiger partial charge in [0.05, 0.1) is 0 Å². The van der Waals surface area contributed by atoms with E-state index in [0.717, 1.165) is 5.56 Å². The summed E-state index contributed by atoms with van der Waals surface area (Å²) in [5.41, 5.74) is 2.16. The van der Waals surface area contributed by atoms with Gasteiger partial charge in [0.1, 0.15) is 0 Å². The molecule has 0 radical (unpaired) electrons. The number of hydrogen-bond acceptors (Lipinski definition) is 3. The Labute approximate surface area is 162 Å². The molecule has 3 N–H and O–H groups in total. The minimum absolute atomic E-state index is 0.0784. The molecule has 0 heterocycles. The molecule has 0 saturated carbocycles. The van der Waals surface area contributed by atoms with E-state index in [-0.39, 0.29) is 16.9 Å². The summed E-state index contributed by atoms with van der Waals surface area (Å²) in [7, 11) is 0. The molecule has 0 bridgehead atoms. The number of benzene rings is 2. The highest BCUT2D eigenvalue weighted by molar-refractivity contribution is 7.80. The normalized spacial score (nSPS) is 10.4. The van der Waals surface area contributed by atoms with Crippen LogP contribution in [0.5, 0.6) is 0 Å². The Hall–Kier alpha value is -2.70. The fourth-order valence-electron chi connectivity index (χ4n) is 1.99. The van der Waals surface area contributed by atoms with Gasteiger partial charge in [0.25, 0.3) is 0 Å². The van der Waals surface area contributed by atoms with Crippen molar-refractivity contribution in [3.8, 4) is 0 Å². The number of amides is 2. The number of nitrogens with one attached hydrogen (secondary N) is 3. The van der Waals surface area contributed by atoms with Gasteiger partial charge in [0, 0.05) is 28.9 Å². The zero-order valence-corrected chi connectivity index (χ0v) is 15.7. The van der Waals surface area contributed by atoms with Crippen LogP contribution in [-0.4, -0.2) is 16.9 Å². The summed E-state index contributed by atoms with van der Waals surface area (Å²) in [6.45, 7) is 1.78. The first kappa shape index (κ1) is 19.6. The third kappa shape index (κ3) is 6.66. The second kappa shape index (κ2) is 9.70. The average Bonchev–Trinajstić information content (AvgIpc) is 2.61. The maximum atomic E-state index is 11.9. The molecular formula is C19H18ClN3O2S. The summed E-state index contributed by atoms with van der Waals surface area (Å²) >= 11 is 10.9. The Bertz CT molecular complexity index is 835. The minimum atomic E-state index is -0.354. The summed E-state index contributed by atoms with van der Waals surface area (Å²) in [4.78, 5) is 23.4. The van der Waals surface area contributed by atoms with Gasteiger partial charge >= 0.3 is 0 Å². The molecule has 0 aliphatic heterocycles. The fourth-order valence-corrected chi connectivity index (χ4v) is 2.33. The largest absolute Gasteiger partial charge is 0.332 e. The monoisotopic (exact) mass is 387 g/mol. The third-order valence-electron chi connectivity index (χ3n) is 3.26. The molecule has 0 saturated heterocycles. The number of rotatable bonds is 5. The van der Waals surface area contributed by atoms with Crippen molar-refractivity contribution in [1.82, 2.24) is 5.32 Å². The van der Waals surface area contributed by atoms with Crippen molar-refractivity contribution in [3.05, 3.63) is 65.2 Å². The second-order valence-corrected chi connectivity index (χ2v) is 6.16. The van der Waals surface area contributed by atoms with Crippen molar-refractivity contribution in [2.45, 2.75) is 13.3 Å². The topological polar surface area (TPSA) is 70.2 Å². The highest BCUT2D eigenvalue weighted by Gasteiger charge is 2.04. The van der Waals surface area contributed by atoms with Crippen LogP contribution in [0.3, 0.4) is 0 Å². The molecule has 0 unspecified atom stereocenters. The number of anilines is 2. The molecule has 0 spiro atoms. The number of hydrogen-bond donors (Lipinski definition) is 3. The first-order valence-electron chi connectivity index (χ1n) is 7.92. The fraction of sp³-hybridized carbons (Fsp3) is 0.105. The molecule has 2 amide bonds. The minimum Gasteiger partial charge on any atom is -0.332 e. The van der Waals surface area contributed by atoms with Crippen molar-refractivity contribution in [1.29, 1.82) is 0 Å². The lowest BCUT2D eigenvalue weighted by molar-refractivity contribution is -0.116. The standard InChI is InChI=1S/C19H18ClN3O2S/c1-2-17(24)21-15-4-3-5-16(12-15)22-19(26)23-18(25)11-8-13-6-9-14(20)10-7-13/h3-12H,2H2,1H3,(H,21,24)(H2,22,23,25,26)/b11-8+. The summed E-state index contributed by atoms with van der Waals surface area (Å²) in [5.74, 6) is -0.432. The van der Waals surface area contributed by atoms with Crippen LogP contribution < -0.4 is 16.0 Å². The molecule has 2 aromatic carbocycles. The number of carbonyl (C=O) groups excluding carboxylic acids is 2. The second-order valence-electron chi connectivity index (χ2n) is 5.31. The van der Waals surface area contributed by atoms with E-state index in [0.29, 0.717) is 22.8 Å². The van der Waals surface area contributed by atoms with Gasteiger partial charge in [-0.1, -0.05) is 36.7 Å². The van der Waals surface area contributed by atoms with E-state index in [2.05, 4.69) is 16.0 Å². The summed E-state index contributed by atoms with van der Waals surface area (Å²) in [5, 5.41) is 9.02. The van der Waals surface area contributed by atoms with Crippen LogP contribution in [-0.2, 0) is 9.59 Å². The molecule has 2 aromatic rings. The van der Waals surface area contributed by atoms with Gasteiger partial charge in [-0.25, -0.2) is 0 Å². The lowest BCUT2D eigenvalue weighted by Crippen LogP contribution is -2.32. The maximum Gasteiger partial charge on any atom is 0.250 e. The molecule has 26 heavy (non-hydrogen) atoms. The molecule has 0 aliphatic rings. The van der Waals surface area contributed by atoms with E-state index in [1.165, 1.54) is 6.08 Å². The lowest BCUT2D eigenvalue weighted by atomic mass is 10.2. The molecule has 0 aliphatic carbocycles. The van der Waals surface area contributed by atoms with Crippen molar-refractivity contribution in [2.24, 2.45) is 0 Å². The van der Waals surface area contributed by atoms with E-state index >= 15 is 0 Å². The highest BCUT2D eigenvalue weighted by atomic mass is 35.5. The van der Waals surface area contributed by atoms with Crippen LogP contribution in [0.15, 0.2) is 54.6 Å². The molecule has 5 nitrogen and oxygen atoms in total. The van der Waals surface area contributed by atoms with E-state index in [4.69, 9.17) is 23.8 Å². The van der Waals surface area contributed by atoms with Crippen LogP contribution >= 0.6 is 23.8 Å². The zero-order chi connectivity index (χ0) is 18.9. The Morgan fingerprint density at radius 3 is 2.38 bits per heavy atom. The predicted octanol–water partition coefficient (Wildman–Crippen LogP) is 4.21. The van der Waals surface area contributed by atoms with Crippen LogP contribution in [0.4, 0.5) is 11.4 Å². The summed E-state index contributed by atoms with van der Waals surface area (Å²) in [6, 6.07) is 14.2. The van der Waals surface area contributed by atoms with E-state index in [1.54, 1.807) is 61.5 Å². The zero-order valence-electron chi connectivity index (χ0n) is 14.1. The SMILES string of the molecule is CCC(=O)Nc1cccc(NC(=S)NC(=O)/C=C/c2ccc(Cl)cc2)c1. The number of thiocarbonyl (C=S) groups is 1. The first-order valence-corrected chi connectivity index (χ1v) is 8.70. The van der Waals surface area contributed by atoms with Crippen LogP contribution in [0, 0.1) is 0 Å². The van der Waals surface area contributed by atoms with Crippen molar-refractivity contribution >= 4 is 58.2 Å². The van der Waals surface area contributed by atoms with Gasteiger partial charge < -0.3 is 10.6 Å². The van der Waals surface area contributed by atoms with Crippen LogP contribution in [0.1, 0.15) is 18.9 Å². The Morgan fingerprint density at radius 2 is 1.73 bits per heavy atom. The van der Waals surface area contributed by atoms with Crippen molar-refractivity contribution in [3.63, 3.8) is 0 Å². The molecule has 0 aromatic heterocycles. The van der Waals surface area contributed by atoms with Gasteiger partial charge in [0.2, 0.25) is 11.8 Å². The van der Waals surface area contributed by atoms with Gasteiger partial charge in [-0.05, 0) is 54.2 Å². The van der Waals surface area contributed by atoms with E-state index < -0.39 is 0 Å². The summed E-state index contributed by atoms with van der Waals surface area (Å²) < 4.78 is 0. The Morgan fingerprint density at radius 1 is 1.08 bits per heavy atom. The Balaban J connectivity index is 1.89. The number of carbonyl (C=O) groups is 2. The van der Waals surface area contributed by atoms with E-state index in [9.17, 15) is 9.59 Å². The summed E-state index contributed by atoms with van der Waals surface area (Å²) in [6.07, 6.45) is 3.44. The predicted molar refractivity (Wildman–Crippen MR) is 110 cm³/mol. The molecule has 0 fully saturated rings. The molecule has 0 atom stereocenters. The number of halogens is 1. The quantitative estimate of drug-likeness (QED) is 0.530. The van der Waals surface area contributed by atoms with Gasteiger partial charge in [-0.15, -0.1) is 0 Å². The lowest BCUT2D eigenvalue weighted by Gasteiger charge is -2.10. The molecular weight excluding hydrogens is 370 g/mol. The van der Waals surface area contributed by atoms with Crippen molar-refractivity contribution in [2.75, 3.05) is 10.6 Å². The maximum absolute atomic E-state index is 11.9. The van der Waals surface area contributed by atoms with Crippen LogP contribution in [0.2, 0.25) is 5.02 Å². The molecule has 7 heteroatoms. The van der Waals surface area contributed by atoms with Gasteiger partial charge in [-0.2, -0.15) is 0 Å². The average molecular weight is 388 g/mol. The third-order valence-corrected chi connectivity index (χ3v) is 3.72. The van der Waals surface area contributed by atoms with Crippen molar-refractivity contribution < 1.29 is 9.59 Å². The molecule has 2 rings (SSSR count). The highest BCUT2D eigenvalue weighted by Crippen LogP contribution is 2.15. The Kier molecular flexibility index (Phi) is 7.32.